The average molecular weight is 579 g/mol. The van der Waals surface area contributed by atoms with Gasteiger partial charge in [0, 0.05) is 17.2 Å². The summed E-state index contributed by atoms with van der Waals surface area (Å²) in [5.74, 6) is -3.47. The molecule has 0 radical (unpaired) electrons. The Labute approximate surface area is 223 Å². The van der Waals surface area contributed by atoms with Crippen molar-refractivity contribution in [3.8, 4) is 5.88 Å². The number of amidine groups is 1. The predicted octanol–water partition coefficient (Wildman–Crippen LogP) is 3.86. The molecule has 0 saturated carbocycles. The van der Waals surface area contributed by atoms with Crippen LogP contribution in [0.25, 0.3) is 0 Å². The van der Waals surface area contributed by atoms with Crippen LogP contribution in [-0.2, 0) is 10.3 Å². The highest BCUT2D eigenvalue weighted by atomic mass is 32.2. The van der Waals surface area contributed by atoms with Crippen molar-refractivity contribution in [3.63, 3.8) is 0 Å². The number of hydrogen-bond acceptors (Lipinski definition) is 8. The summed E-state index contributed by atoms with van der Waals surface area (Å²) in [6.45, 7) is 2.17. The third kappa shape index (κ3) is 6.91. The van der Waals surface area contributed by atoms with Gasteiger partial charge >= 0.3 is 6.18 Å². The maximum Gasteiger partial charge on any atom is 0.422 e. The molecule has 4 N–H and O–H groups in total. The molecule has 2 heterocycles. The van der Waals surface area contributed by atoms with Crippen LogP contribution in [-0.4, -0.2) is 57.5 Å². The first kappa shape index (κ1) is 30.0. The SMILES string of the molecule is CC1[C@@](C)(C(=O)NCC(F)F)SC(N)=N[C@]1(C)c1cc(NC(=O)c2cnc(OCC(F)(F)F)cn2)ccc1F. The fourth-order valence-corrected chi connectivity index (χ4v) is 5.16. The molecule has 9 nitrogen and oxygen atoms in total. The summed E-state index contributed by atoms with van der Waals surface area (Å²) >= 11 is 0.868. The third-order valence-electron chi connectivity index (χ3n) is 6.21. The Morgan fingerprint density at radius 1 is 1.21 bits per heavy atom. The Balaban J connectivity index is 1.85. The first-order chi connectivity index (χ1) is 18.0. The number of benzene rings is 1. The molecule has 16 heteroatoms. The third-order valence-corrected chi connectivity index (χ3v) is 7.47. The van der Waals surface area contributed by atoms with Gasteiger partial charge in [0.05, 0.1) is 24.5 Å². The van der Waals surface area contributed by atoms with Crippen LogP contribution in [0.4, 0.5) is 32.0 Å². The topological polar surface area (TPSA) is 132 Å². The molecular weight excluding hydrogens is 554 g/mol. The Morgan fingerprint density at radius 3 is 2.49 bits per heavy atom. The number of nitrogens with one attached hydrogen (secondary N) is 2. The largest absolute Gasteiger partial charge is 0.467 e. The number of carbonyl (C=O) groups is 2. The molecule has 2 amide bonds. The number of halogens is 6. The number of hydrogen-bond donors (Lipinski definition) is 3. The van der Waals surface area contributed by atoms with E-state index in [1.807, 2.05) is 0 Å². The fraction of sp³-hybridized carbons (Fsp3) is 0.435. The van der Waals surface area contributed by atoms with Crippen molar-refractivity contribution in [2.45, 2.75) is 43.7 Å². The summed E-state index contributed by atoms with van der Waals surface area (Å²) < 4.78 is 80.4. The Morgan fingerprint density at radius 2 is 1.90 bits per heavy atom. The molecule has 2 aromatic rings. The molecule has 1 unspecified atom stereocenters. The standard InChI is InChI=1S/C23H24F6N6O3S/c1-11-21(2,35-20(30)39-22(11,3)19(37)33-8-16(25)26)13-6-12(4-5-14(13)24)34-18(36)15-7-32-17(9-31-15)38-10-23(27,28)29/h4-7,9,11,16H,8,10H2,1-3H3,(H2,30,35)(H,33,37)(H,34,36)/t11?,21-,22-/m0/s1. The number of nitrogens with zero attached hydrogens (tertiary/aromatic N) is 3. The second kappa shape index (κ2) is 11.3. The second-order valence-corrected chi connectivity index (χ2v) is 10.4. The van der Waals surface area contributed by atoms with Crippen LogP contribution in [0.2, 0.25) is 0 Å². The van der Waals surface area contributed by atoms with E-state index in [0.29, 0.717) is 0 Å². The number of amides is 2. The number of anilines is 1. The van der Waals surface area contributed by atoms with Crippen LogP contribution >= 0.6 is 11.8 Å². The molecular formula is C23H24F6N6O3S. The maximum atomic E-state index is 15.1. The monoisotopic (exact) mass is 578 g/mol. The second-order valence-electron chi connectivity index (χ2n) is 8.92. The molecule has 1 aromatic heterocycles. The van der Waals surface area contributed by atoms with Gasteiger partial charge in [0.25, 0.3) is 12.3 Å². The number of ether oxygens (including phenoxy) is 1. The summed E-state index contributed by atoms with van der Waals surface area (Å²) in [5, 5.41) is 4.59. The molecule has 1 aliphatic heterocycles. The summed E-state index contributed by atoms with van der Waals surface area (Å²) in [7, 11) is 0. The van der Waals surface area contributed by atoms with Gasteiger partial charge in [0.15, 0.2) is 11.8 Å². The molecule has 3 rings (SSSR count). The zero-order valence-corrected chi connectivity index (χ0v) is 21.6. The van der Waals surface area contributed by atoms with Crippen LogP contribution < -0.4 is 21.1 Å². The van der Waals surface area contributed by atoms with E-state index >= 15 is 4.39 Å². The molecule has 0 aliphatic carbocycles. The molecule has 0 bridgehead atoms. The number of rotatable bonds is 8. The van der Waals surface area contributed by atoms with Gasteiger partial charge < -0.3 is 21.1 Å². The first-order valence-electron chi connectivity index (χ1n) is 11.3. The number of aliphatic imine (C=N–C) groups is 1. The summed E-state index contributed by atoms with van der Waals surface area (Å²) in [6.07, 6.45) is -5.60. The van der Waals surface area contributed by atoms with Crippen molar-refractivity contribution in [1.29, 1.82) is 0 Å². The van der Waals surface area contributed by atoms with Crippen molar-refractivity contribution in [2.75, 3.05) is 18.5 Å². The number of thioether (sulfide) groups is 1. The number of aromatic nitrogens is 2. The Hall–Kier alpha value is -3.56. The zero-order chi connectivity index (χ0) is 29.2. The van der Waals surface area contributed by atoms with E-state index in [9.17, 15) is 31.5 Å². The lowest BCUT2D eigenvalue weighted by Gasteiger charge is -2.46. The first-order valence-corrected chi connectivity index (χ1v) is 12.1. The van der Waals surface area contributed by atoms with Gasteiger partial charge in [-0.15, -0.1) is 0 Å². The smallest absolute Gasteiger partial charge is 0.422 e. The minimum absolute atomic E-state index is 0.0362. The number of nitrogens with two attached hydrogens (primary N) is 1. The van der Waals surface area contributed by atoms with Crippen LogP contribution in [0, 0.1) is 11.7 Å². The quantitative estimate of drug-likeness (QED) is 0.406. The highest BCUT2D eigenvalue weighted by Crippen LogP contribution is 2.50. The van der Waals surface area contributed by atoms with Crippen molar-refractivity contribution in [1.82, 2.24) is 15.3 Å². The van der Waals surface area contributed by atoms with E-state index in [-0.39, 0.29) is 22.1 Å². The fourth-order valence-electron chi connectivity index (χ4n) is 3.92. The van der Waals surface area contributed by atoms with Crippen LogP contribution in [0.5, 0.6) is 5.88 Å². The van der Waals surface area contributed by atoms with Crippen LogP contribution in [0.3, 0.4) is 0 Å². The van der Waals surface area contributed by atoms with Gasteiger partial charge in [-0.2, -0.15) is 13.2 Å². The molecule has 0 saturated heterocycles. The van der Waals surface area contributed by atoms with Gasteiger partial charge in [-0.3, -0.25) is 14.6 Å². The normalized spacial score (nSPS) is 23.2. The highest BCUT2D eigenvalue weighted by Gasteiger charge is 2.54. The average Bonchev–Trinajstić information content (AvgIpc) is 2.85. The lowest BCUT2D eigenvalue weighted by Crippen LogP contribution is -2.56. The number of carbonyl (C=O) groups excluding carboxylic acids is 2. The van der Waals surface area contributed by atoms with Crippen molar-refractivity contribution < 1.29 is 40.7 Å². The Kier molecular flexibility index (Phi) is 8.67. The van der Waals surface area contributed by atoms with Crippen molar-refractivity contribution in [3.05, 3.63) is 47.7 Å². The van der Waals surface area contributed by atoms with Gasteiger partial charge in [-0.05, 0) is 32.0 Å². The Bertz CT molecular complexity index is 1260. The lowest BCUT2D eigenvalue weighted by atomic mass is 9.73. The molecule has 39 heavy (non-hydrogen) atoms. The molecule has 1 aromatic carbocycles. The van der Waals surface area contributed by atoms with Crippen molar-refractivity contribution in [2.24, 2.45) is 16.6 Å². The van der Waals surface area contributed by atoms with Gasteiger partial charge in [-0.1, -0.05) is 18.7 Å². The van der Waals surface area contributed by atoms with E-state index in [1.54, 1.807) is 6.92 Å². The summed E-state index contributed by atoms with van der Waals surface area (Å²) in [4.78, 5) is 37.2. The van der Waals surface area contributed by atoms with Crippen LogP contribution in [0.1, 0.15) is 36.8 Å². The van der Waals surface area contributed by atoms with E-state index in [0.717, 1.165) is 30.2 Å². The van der Waals surface area contributed by atoms with E-state index in [4.69, 9.17) is 5.73 Å². The highest BCUT2D eigenvalue weighted by molar-refractivity contribution is 8.15. The minimum Gasteiger partial charge on any atom is -0.467 e. The summed E-state index contributed by atoms with van der Waals surface area (Å²) in [5.41, 5.74) is 4.33. The molecule has 212 valence electrons. The molecule has 0 fully saturated rings. The van der Waals surface area contributed by atoms with E-state index < -0.39 is 65.5 Å². The maximum absolute atomic E-state index is 15.1. The van der Waals surface area contributed by atoms with Gasteiger partial charge in [0.1, 0.15) is 16.3 Å². The minimum atomic E-state index is -4.58. The molecule has 3 atom stereocenters. The van der Waals surface area contributed by atoms with Crippen LogP contribution in [0.15, 0.2) is 35.6 Å². The van der Waals surface area contributed by atoms with E-state index in [2.05, 4.69) is 30.3 Å². The molecule has 0 spiro atoms. The zero-order valence-electron chi connectivity index (χ0n) is 20.8. The van der Waals surface area contributed by atoms with E-state index in [1.165, 1.54) is 26.0 Å². The lowest BCUT2D eigenvalue weighted by molar-refractivity contribution is -0.154. The van der Waals surface area contributed by atoms with Crippen molar-refractivity contribution >= 4 is 34.4 Å². The summed E-state index contributed by atoms with van der Waals surface area (Å²) in [6, 6.07) is 3.59. The van der Waals surface area contributed by atoms with Gasteiger partial charge in [-0.25, -0.2) is 23.1 Å². The van der Waals surface area contributed by atoms with Gasteiger partial charge in [0.2, 0.25) is 11.8 Å². The molecule has 1 aliphatic rings. The number of alkyl halides is 5. The predicted molar refractivity (Wildman–Crippen MR) is 131 cm³/mol.